The normalized spacial score (nSPS) is 11.9. The maximum absolute atomic E-state index is 13.4. The molecule has 2 aromatic rings. The number of benzene rings is 1. The van der Waals surface area contributed by atoms with E-state index in [1.54, 1.807) is 19.0 Å². The summed E-state index contributed by atoms with van der Waals surface area (Å²) >= 11 is 3.07. The first kappa shape index (κ1) is 21.9. The molecule has 156 valence electrons. The summed E-state index contributed by atoms with van der Waals surface area (Å²) in [6.45, 7) is 0.610. The van der Waals surface area contributed by atoms with Crippen LogP contribution in [0.1, 0.15) is 5.69 Å². The number of amidine groups is 1. The summed E-state index contributed by atoms with van der Waals surface area (Å²) in [6.07, 6.45) is 0.852. The van der Waals surface area contributed by atoms with Crippen molar-refractivity contribution in [3.05, 3.63) is 56.3 Å². The summed E-state index contributed by atoms with van der Waals surface area (Å²) in [7, 11) is 3.33. The van der Waals surface area contributed by atoms with Crippen LogP contribution in [0.25, 0.3) is 0 Å². The van der Waals surface area contributed by atoms with Gasteiger partial charge in [-0.05, 0) is 44.4 Å². The summed E-state index contributed by atoms with van der Waals surface area (Å²) in [5.41, 5.74) is 0.517. The number of nitrogens with zero attached hydrogens (tertiary/aromatic N) is 5. The van der Waals surface area contributed by atoms with E-state index >= 15 is 0 Å². The molecule has 29 heavy (non-hydrogen) atoms. The Hall–Kier alpha value is -3.42. The van der Waals surface area contributed by atoms with Gasteiger partial charge in [0.2, 0.25) is 11.7 Å². The van der Waals surface area contributed by atoms with Crippen LogP contribution in [0.15, 0.2) is 44.5 Å². The van der Waals surface area contributed by atoms with Gasteiger partial charge in [0.1, 0.15) is 5.82 Å². The van der Waals surface area contributed by atoms with Crippen molar-refractivity contribution >= 4 is 33.3 Å². The van der Waals surface area contributed by atoms with Crippen LogP contribution >= 0.6 is 15.9 Å². The number of hydrogen-bond acceptors (Lipinski definition) is 10. The summed E-state index contributed by atoms with van der Waals surface area (Å²) in [6, 6.07) is 4.13. The SMILES string of the molecule is CN(C)C(=C[N+](=O)[O-])NCCNc1nonc1C(=NO)Nc1ccc(F)c(Br)c1. The van der Waals surface area contributed by atoms with Gasteiger partial charge in [0.25, 0.3) is 6.20 Å². The van der Waals surface area contributed by atoms with Crippen LogP contribution in [0.3, 0.4) is 0 Å². The molecule has 0 aliphatic rings. The van der Waals surface area contributed by atoms with Crippen molar-refractivity contribution < 1.29 is 19.2 Å². The van der Waals surface area contributed by atoms with E-state index in [0.717, 1.165) is 6.20 Å². The number of aromatic nitrogens is 2. The maximum Gasteiger partial charge on any atom is 0.274 e. The molecule has 0 saturated carbocycles. The third-order valence-corrected chi connectivity index (χ3v) is 4.04. The molecule has 1 heterocycles. The van der Waals surface area contributed by atoms with Gasteiger partial charge in [-0.3, -0.25) is 10.1 Å². The van der Waals surface area contributed by atoms with E-state index < -0.39 is 10.7 Å². The fraction of sp³-hybridized carbons (Fsp3) is 0.267. The monoisotopic (exact) mass is 472 g/mol. The minimum atomic E-state index is -0.557. The number of halogens is 2. The van der Waals surface area contributed by atoms with Gasteiger partial charge in [0.15, 0.2) is 11.5 Å². The first-order chi connectivity index (χ1) is 13.8. The van der Waals surface area contributed by atoms with Gasteiger partial charge in [-0.25, -0.2) is 9.02 Å². The lowest BCUT2D eigenvalue weighted by Gasteiger charge is -2.16. The molecule has 0 fully saturated rings. The van der Waals surface area contributed by atoms with Gasteiger partial charge in [-0.15, -0.1) is 0 Å². The molecular formula is C15H18BrFN8O4. The Bertz CT molecular complexity index is 917. The second-order valence-corrected chi connectivity index (χ2v) is 6.57. The van der Waals surface area contributed by atoms with Gasteiger partial charge < -0.3 is 26.1 Å². The van der Waals surface area contributed by atoms with Crippen LogP contribution in [-0.4, -0.2) is 58.4 Å². The average molecular weight is 473 g/mol. The molecule has 1 aromatic carbocycles. The minimum absolute atomic E-state index is 0.0811. The van der Waals surface area contributed by atoms with Crippen molar-refractivity contribution in [3.8, 4) is 0 Å². The summed E-state index contributed by atoms with van der Waals surface area (Å²) in [5.74, 6) is -0.0314. The Morgan fingerprint density at radius 2 is 2.21 bits per heavy atom. The Labute approximate surface area is 172 Å². The van der Waals surface area contributed by atoms with Gasteiger partial charge in [-0.2, -0.15) is 0 Å². The van der Waals surface area contributed by atoms with Gasteiger partial charge >= 0.3 is 0 Å². The minimum Gasteiger partial charge on any atom is -0.409 e. The summed E-state index contributed by atoms with van der Waals surface area (Å²) in [5, 5.41) is 39.0. The first-order valence-corrected chi connectivity index (χ1v) is 8.88. The highest BCUT2D eigenvalue weighted by Gasteiger charge is 2.18. The van der Waals surface area contributed by atoms with Crippen molar-refractivity contribution in [2.24, 2.45) is 5.16 Å². The Kier molecular flexibility index (Phi) is 7.70. The summed E-state index contributed by atoms with van der Waals surface area (Å²) < 4.78 is 18.3. The van der Waals surface area contributed by atoms with Crippen molar-refractivity contribution in [3.63, 3.8) is 0 Å². The van der Waals surface area contributed by atoms with Gasteiger partial charge in [0.05, 0.1) is 9.40 Å². The third kappa shape index (κ3) is 6.31. The molecule has 14 heteroatoms. The molecule has 12 nitrogen and oxygen atoms in total. The van der Waals surface area contributed by atoms with Crippen molar-refractivity contribution in [2.45, 2.75) is 0 Å². The second-order valence-electron chi connectivity index (χ2n) is 5.71. The van der Waals surface area contributed by atoms with Crippen LogP contribution in [0.5, 0.6) is 0 Å². The molecule has 0 bridgehead atoms. The smallest absolute Gasteiger partial charge is 0.274 e. The zero-order chi connectivity index (χ0) is 21.4. The molecule has 0 unspecified atom stereocenters. The molecule has 0 atom stereocenters. The van der Waals surface area contributed by atoms with E-state index in [9.17, 15) is 19.7 Å². The molecule has 0 radical (unpaired) electrons. The Morgan fingerprint density at radius 3 is 2.83 bits per heavy atom. The zero-order valence-corrected chi connectivity index (χ0v) is 17.0. The lowest BCUT2D eigenvalue weighted by molar-refractivity contribution is -0.404. The fourth-order valence-corrected chi connectivity index (χ4v) is 2.47. The molecule has 0 aliphatic carbocycles. The van der Waals surface area contributed by atoms with Crippen LogP contribution in [0.4, 0.5) is 15.9 Å². The Balaban J connectivity index is 2.00. The first-order valence-electron chi connectivity index (χ1n) is 8.09. The predicted molar refractivity (Wildman–Crippen MR) is 106 cm³/mol. The largest absolute Gasteiger partial charge is 0.409 e. The standard InChI is InChI=1S/C15H18BrFN8O4/c1-24(2)12(8-25(27)28)18-5-6-19-14-13(22-29-23-14)15(21-26)20-9-3-4-11(17)10(16)7-9/h3-4,7-8,18,26H,5-6H2,1-2H3,(H,19,23)(H,20,21). The number of oxime groups is 1. The van der Waals surface area contributed by atoms with Crippen LogP contribution in [0.2, 0.25) is 0 Å². The molecule has 4 N–H and O–H groups in total. The van der Waals surface area contributed by atoms with Crippen LogP contribution in [-0.2, 0) is 0 Å². The van der Waals surface area contributed by atoms with Gasteiger partial charge in [0, 0.05) is 32.9 Å². The topological polar surface area (TPSA) is 154 Å². The van der Waals surface area contributed by atoms with E-state index in [-0.39, 0.29) is 21.8 Å². The van der Waals surface area contributed by atoms with E-state index in [1.807, 2.05) is 0 Å². The Morgan fingerprint density at radius 1 is 1.45 bits per heavy atom. The molecule has 1 aromatic heterocycles. The molecule has 0 saturated heterocycles. The van der Waals surface area contributed by atoms with Crippen molar-refractivity contribution in [1.29, 1.82) is 0 Å². The lowest BCUT2D eigenvalue weighted by Crippen LogP contribution is -2.30. The fourth-order valence-electron chi connectivity index (χ4n) is 2.09. The number of nitro groups is 1. The number of rotatable bonds is 9. The quantitative estimate of drug-likeness (QED) is 0.106. The van der Waals surface area contributed by atoms with Crippen LogP contribution < -0.4 is 16.0 Å². The molecule has 0 amide bonds. The predicted octanol–water partition coefficient (Wildman–Crippen LogP) is 1.86. The van der Waals surface area contributed by atoms with Crippen molar-refractivity contribution in [2.75, 3.05) is 37.8 Å². The molecule has 2 rings (SSSR count). The highest BCUT2D eigenvalue weighted by atomic mass is 79.9. The molecular weight excluding hydrogens is 455 g/mol. The number of anilines is 2. The van der Waals surface area contributed by atoms with Gasteiger partial charge in [-0.1, -0.05) is 5.16 Å². The van der Waals surface area contributed by atoms with E-state index in [4.69, 9.17) is 0 Å². The second kappa shape index (κ2) is 10.2. The third-order valence-electron chi connectivity index (χ3n) is 3.43. The molecule has 0 spiro atoms. The van der Waals surface area contributed by atoms with E-state index in [1.165, 1.54) is 18.2 Å². The van der Waals surface area contributed by atoms with E-state index in [2.05, 4.69) is 52.0 Å². The highest BCUT2D eigenvalue weighted by molar-refractivity contribution is 9.10. The highest BCUT2D eigenvalue weighted by Crippen LogP contribution is 2.21. The van der Waals surface area contributed by atoms with Crippen molar-refractivity contribution in [1.82, 2.24) is 20.5 Å². The number of hydrogen-bond donors (Lipinski definition) is 4. The number of nitrogens with one attached hydrogen (secondary N) is 3. The zero-order valence-electron chi connectivity index (χ0n) is 15.4. The van der Waals surface area contributed by atoms with E-state index in [0.29, 0.717) is 24.6 Å². The molecule has 0 aliphatic heterocycles. The maximum atomic E-state index is 13.4. The lowest BCUT2D eigenvalue weighted by atomic mass is 10.3. The summed E-state index contributed by atoms with van der Waals surface area (Å²) in [4.78, 5) is 11.6. The van der Waals surface area contributed by atoms with Crippen LogP contribution in [0, 0.1) is 15.9 Å². The average Bonchev–Trinajstić information content (AvgIpc) is 3.13.